The number of anilines is 1. The summed E-state index contributed by atoms with van der Waals surface area (Å²) >= 11 is 0. The average Bonchev–Trinajstić information content (AvgIpc) is 3.19. The van der Waals surface area contributed by atoms with Crippen molar-refractivity contribution in [2.24, 2.45) is 5.73 Å². The zero-order valence-electron chi connectivity index (χ0n) is 20.1. The van der Waals surface area contributed by atoms with Crippen molar-refractivity contribution in [2.75, 3.05) is 11.9 Å². The molecule has 0 saturated carbocycles. The lowest BCUT2D eigenvalue weighted by atomic mass is 9.88. The van der Waals surface area contributed by atoms with Gasteiger partial charge in [0, 0.05) is 34.0 Å². The molecule has 0 fully saturated rings. The summed E-state index contributed by atoms with van der Waals surface area (Å²) < 4.78 is 121. The number of nitrogens with zero attached hydrogens (tertiary/aromatic N) is 3. The standard InChI is InChI=1S/C21H15F7N4O3/c1-31(19(34)35)16-3-2-12(22)6-14(16)18-13(10-7-30-32(8-10)9-17(29)33)4-11(20(23,24)25)5-15(18)21(26,27)28/h2-8H,9H2,1H3,(H2,29,33)(H,34,35)/i1D3. The summed E-state index contributed by atoms with van der Waals surface area (Å²) in [5.74, 6) is -2.19. The Bertz CT molecular complexity index is 1400. The molecule has 1 heterocycles. The molecular weight excluding hydrogens is 489 g/mol. The fourth-order valence-electron chi connectivity index (χ4n) is 3.30. The maximum absolute atomic E-state index is 14.3. The minimum atomic E-state index is -5.52. The van der Waals surface area contributed by atoms with Gasteiger partial charge in [0.1, 0.15) is 12.4 Å². The van der Waals surface area contributed by atoms with Gasteiger partial charge in [0.25, 0.3) is 0 Å². The molecule has 7 nitrogen and oxygen atoms in total. The zero-order valence-corrected chi connectivity index (χ0v) is 17.1. The molecule has 1 aromatic heterocycles. The van der Waals surface area contributed by atoms with Crippen molar-refractivity contribution >= 4 is 17.7 Å². The van der Waals surface area contributed by atoms with Gasteiger partial charge in [-0.1, -0.05) is 0 Å². The fourth-order valence-corrected chi connectivity index (χ4v) is 3.30. The minimum Gasteiger partial charge on any atom is -0.465 e. The number of benzene rings is 2. The van der Waals surface area contributed by atoms with Gasteiger partial charge < -0.3 is 10.8 Å². The van der Waals surface area contributed by atoms with E-state index in [2.05, 4.69) is 5.10 Å². The molecular formula is C21H15F7N4O3. The fraction of sp³-hybridized carbons (Fsp3) is 0.190. The third-order valence-corrected chi connectivity index (χ3v) is 4.69. The number of hydrogen-bond donors (Lipinski definition) is 2. The van der Waals surface area contributed by atoms with E-state index in [0.29, 0.717) is 18.2 Å². The molecule has 0 bridgehead atoms. The van der Waals surface area contributed by atoms with Crippen LogP contribution < -0.4 is 10.6 Å². The molecule has 3 aromatic rings. The number of carbonyl (C=O) groups is 2. The van der Waals surface area contributed by atoms with E-state index in [4.69, 9.17) is 9.85 Å². The number of carbonyl (C=O) groups excluding carboxylic acids is 1. The second kappa shape index (κ2) is 8.92. The van der Waals surface area contributed by atoms with E-state index in [1.807, 2.05) is 0 Å². The van der Waals surface area contributed by atoms with Crippen molar-refractivity contribution in [1.29, 1.82) is 0 Å². The Hall–Kier alpha value is -4.10. The highest BCUT2D eigenvalue weighted by Crippen LogP contribution is 2.48. The lowest BCUT2D eigenvalue weighted by Gasteiger charge is -2.24. The van der Waals surface area contributed by atoms with Crippen LogP contribution in [0.15, 0.2) is 42.7 Å². The molecule has 0 aliphatic carbocycles. The largest absolute Gasteiger partial charge is 0.465 e. The highest BCUT2D eigenvalue weighted by atomic mass is 19.4. The zero-order chi connectivity index (χ0) is 28.8. The number of nitrogens with two attached hydrogens (primary N) is 1. The second-order valence-electron chi connectivity index (χ2n) is 7.11. The van der Waals surface area contributed by atoms with Crippen LogP contribution in [0.4, 0.5) is 41.2 Å². The number of rotatable bonds is 5. The maximum Gasteiger partial charge on any atom is 0.417 e. The molecule has 0 atom stereocenters. The van der Waals surface area contributed by atoms with Gasteiger partial charge in [-0.2, -0.15) is 31.4 Å². The van der Waals surface area contributed by atoms with Gasteiger partial charge in [-0.25, -0.2) is 9.18 Å². The van der Waals surface area contributed by atoms with Crippen molar-refractivity contribution in [3.8, 4) is 22.3 Å². The van der Waals surface area contributed by atoms with Crippen LogP contribution in [-0.2, 0) is 23.7 Å². The molecule has 14 heteroatoms. The smallest absolute Gasteiger partial charge is 0.417 e. The molecule has 35 heavy (non-hydrogen) atoms. The lowest BCUT2D eigenvalue weighted by molar-refractivity contribution is -0.142. The van der Waals surface area contributed by atoms with Crippen LogP contribution in [0.25, 0.3) is 22.3 Å². The normalized spacial score (nSPS) is 13.6. The van der Waals surface area contributed by atoms with Gasteiger partial charge in [-0.05, 0) is 35.9 Å². The van der Waals surface area contributed by atoms with E-state index in [0.717, 1.165) is 17.1 Å². The summed E-state index contributed by atoms with van der Waals surface area (Å²) in [6.07, 6.45) is -11.3. The van der Waals surface area contributed by atoms with Crippen LogP contribution in [0.3, 0.4) is 0 Å². The number of carboxylic acid groups (broad SMARTS) is 1. The van der Waals surface area contributed by atoms with E-state index in [1.165, 1.54) is 0 Å². The quantitative estimate of drug-likeness (QED) is 0.475. The summed E-state index contributed by atoms with van der Waals surface area (Å²) in [5.41, 5.74) is -3.08. The number of primary amides is 1. The minimum absolute atomic E-state index is 0.262. The van der Waals surface area contributed by atoms with E-state index < -0.39 is 82.8 Å². The van der Waals surface area contributed by atoms with Gasteiger partial charge in [0.15, 0.2) is 0 Å². The van der Waals surface area contributed by atoms with Crippen LogP contribution in [0.1, 0.15) is 15.2 Å². The first kappa shape index (κ1) is 21.4. The number of hydrogen-bond acceptors (Lipinski definition) is 3. The van der Waals surface area contributed by atoms with Crippen molar-refractivity contribution in [3.05, 3.63) is 59.7 Å². The van der Waals surface area contributed by atoms with Crippen molar-refractivity contribution in [2.45, 2.75) is 18.9 Å². The van der Waals surface area contributed by atoms with E-state index >= 15 is 0 Å². The number of aromatic nitrogens is 2. The Labute approximate surface area is 196 Å². The molecule has 186 valence electrons. The van der Waals surface area contributed by atoms with Gasteiger partial charge >= 0.3 is 18.4 Å². The summed E-state index contributed by atoms with van der Waals surface area (Å²) in [7, 11) is 0. The number of amides is 2. The van der Waals surface area contributed by atoms with E-state index in [-0.39, 0.29) is 17.0 Å². The Morgan fingerprint density at radius 3 is 2.34 bits per heavy atom. The molecule has 2 amide bonds. The third-order valence-electron chi connectivity index (χ3n) is 4.69. The molecule has 0 aliphatic heterocycles. The van der Waals surface area contributed by atoms with Crippen LogP contribution in [0.5, 0.6) is 0 Å². The summed E-state index contributed by atoms with van der Waals surface area (Å²) in [6.45, 7) is -4.10. The monoisotopic (exact) mass is 507 g/mol. The van der Waals surface area contributed by atoms with Gasteiger partial charge in [-0.15, -0.1) is 0 Å². The second-order valence-corrected chi connectivity index (χ2v) is 7.11. The third kappa shape index (κ3) is 5.36. The topological polar surface area (TPSA) is 101 Å². The first-order valence-corrected chi connectivity index (χ1v) is 9.27. The molecule has 0 saturated heterocycles. The van der Waals surface area contributed by atoms with Crippen LogP contribution in [0, 0.1) is 5.82 Å². The number of alkyl halides is 6. The highest BCUT2D eigenvalue weighted by Gasteiger charge is 2.41. The van der Waals surface area contributed by atoms with Gasteiger partial charge in [0.05, 0.1) is 23.0 Å². The van der Waals surface area contributed by atoms with Crippen LogP contribution in [-0.4, -0.2) is 33.9 Å². The highest BCUT2D eigenvalue weighted by molar-refractivity contribution is 5.97. The summed E-state index contributed by atoms with van der Waals surface area (Å²) in [6, 6.07) is 1.53. The van der Waals surface area contributed by atoms with Crippen molar-refractivity contribution in [3.63, 3.8) is 0 Å². The van der Waals surface area contributed by atoms with Crippen molar-refractivity contribution < 1.29 is 49.5 Å². The molecule has 3 rings (SSSR count). The molecule has 3 N–H and O–H groups in total. The molecule has 0 spiro atoms. The molecule has 0 unspecified atom stereocenters. The predicted octanol–water partition coefficient (Wildman–Crippen LogP) is 4.99. The Morgan fingerprint density at radius 2 is 1.80 bits per heavy atom. The Kier molecular flexibility index (Phi) is 5.47. The Morgan fingerprint density at radius 1 is 1.11 bits per heavy atom. The van der Waals surface area contributed by atoms with Crippen molar-refractivity contribution in [1.82, 2.24) is 9.78 Å². The first-order valence-electron chi connectivity index (χ1n) is 10.8. The molecule has 2 aromatic carbocycles. The molecule has 0 aliphatic rings. The summed E-state index contributed by atoms with van der Waals surface area (Å²) in [5, 5.41) is 13.2. The predicted molar refractivity (Wildman–Crippen MR) is 109 cm³/mol. The van der Waals surface area contributed by atoms with Crippen LogP contribution >= 0.6 is 0 Å². The first-order chi connectivity index (χ1) is 17.3. The maximum atomic E-state index is 14.3. The SMILES string of the molecule is [2H]C([2H])([2H])N(C(=O)O)c1ccc(F)cc1-c1c(-c2cnn(CC(N)=O)c2)cc(C(F)(F)F)cc1C(F)(F)F. The number of halogens is 7. The average molecular weight is 507 g/mol. The van der Waals surface area contributed by atoms with E-state index in [1.54, 1.807) is 0 Å². The van der Waals surface area contributed by atoms with Gasteiger partial charge in [-0.3, -0.25) is 14.4 Å². The van der Waals surface area contributed by atoms with Gasteiger partial charge in [0.2, 0.25) is 5.91 Å². The Balaban J connectivity index is 2.54. The lowest BCUT2D eigenvalue weighted by Crippen LogP contribution is -2.25. The van der Waals surface area contributed by atoms with E-state index in [9.17, 15) is 45.4 Å². The molecule has 0 radical (unpaired) electrons. The van der Waals surface area contributed by atoms with Crippen LogP contribution in [0.2, 0.25) is 0 Å². The summed E-state index contributed by atoms with van der Waals surface area (Å²) in [4.78, 5) is 22.7.